The summed E-state index contributed by atoms with van der Waals surface area (Å²) in [5, 5.41) is 12.1. The number of nitrogens with zero attached hydrogens (tertiary/aromatic N) is 2. The third kappa shape index (κ3) is 3.14. The number of nitrogens with one attached hydrogen (secondary N) is 1. The van der Waals surface area contributed by atoms with E-state index < -0.39 is 5.97 Å². The first kappa shape index (κ1) is 12.3. The van der Waals surface area contributed by atoms with Crippen LogP contribution in [0.5, 0.6) is 0 Å². The Balaban J connectivity index is 1.85. The average molecular weight is 247 g/mol. The van der Waals surface area contributed by atoms with Crippen LogP contribution >= 0.6 is 0 Å². The highest BCUT2D eigenvalue weighted by atomic mass is 16.4. The van der Waals surface area contributed by atoms with Gasteiger partial charge in [-0.15, -0.1) is 0 Å². The van der Waals surface area contributed by atoms with Gasteiger partial charge in [-0.1, -0.05) is 0 Å². The van der Waals surface area contributed by atoms with Crippen molar-refractivity contribution >= 4 is 5.97 Å². The minimum Gasteiger partial charge on any atom is -0.478 e. The lowest BCUT2D eigenvalue weighted by Crippen LogP contribution is -2.19. The van der Waals surface area contributed by atoms with Gasteiger partial charge in [-0.3, -0.25) is 0 Å². The molecule has 2 N–H and O–H groups in total. The summed E-state index contributed by atoms with van der Waals surface area (Å²) in [5.41, 5.74) is 0.611. The fourth-order valence-corrected chi connectivity index (χ4v) is 1.55. The van der Waals surface area contributed by atoms with Crippen LogP contribution < -0.4 is 5.32 Å². The Morgan fingerprint density at radius 2 is 2.39 bits per heavy atom. The number of carbonyl (C=O) groups is 1. The van der Waals surface area contributed by atoms with Crippen molar-refractivity contribution in [2.75, 3.05) is 6.54 Å². The van der Waals surface area contributed by atoms with Gasteiger partial charge in [0.05, 0.1) is 12.0 Å². The number of rotatable bonds is 6. The lowest BCUT2D eigenvalue weighted by Gasteiger charge is -2.05. The molecule has 0 spiro atoms. The van der Waals surface area contributed by atoms with Crippen molar-refractivity contribution in [1.82, 2.24) is 15.3 Å². The highest BCUT2D eigenvalue weighted by Gasteiger charge is 2.10. The Labute approximate surface area is 104 Å². The van der Waals surface area contributed by atoms with Gasteiger partial charge in [0.2, 0.25) is 0 Å². The topological polar surface area (TPSA) is 88.2 Å². The SMILES string of the molecule is O=C(O)c1cncnc1CNCCc1ccco1. The molecule has 0 bridgehead atoms. The zero-order chi connectivity index (χ0) is 12.8. The van der Waals surface area contributed by atoms with Crippen molar-refractivity contribution in [2.45, 2.75) is 13.0 Å². The van der Waals surface area contributed by atoms with Gasteiger partial charge >= 0.3 is 5.97 Å². The molecule has 18 heavy (non-hydrogen) atoms. The van der Waals surface area contributed by atoms with Gasteiger partial charge in [0.1, 0.15) is 17.7 Å². The van der Waals surface area contributed by atoms with Crippen LogP contribution in [0.4, 0.5) is 0 Å². The Hall–Kier alpha value is -2.21. The summed E-state index contributed by atoms with van der Waals surface area (Å²) in [5.74, 6) is -0.123. The summed E-state index contributed by atoms with van der Waals surface area (Å²) in [6.45, 7) is 1.08. The van der Waals surface area contributed by atoms with E-state index in [0.717, 1.165) is 12.2 Å². The zero-order valence-corrected chi connectivity index (χ0v) is 9.67. The van der Waals surface area contributed by atoms with Gasteiger partial charge in [-0.25, -0.2) is 14.8 Å². The van der Waals surface area contributed by atoms with Crippen LogP contribution in [-0.2, 0) is 13.0 Å². The van der Waals surface area contributed by atoms with Gasteiger partial charge in [-0.2, -0.15) is 0 Å². The van der Waals surface area contributed by atoms with Crippen LogP contribution in [0, 0.1) is 0 Å². The number of carboxylic acid groups (broad SMARTS) is 1. The summed E-state index contributed by atoms with van der Waals surface area (Å²) < 4.78 is 5.19. The van der Waals surface area contributed by atoms with Gasteiger partial charge in [-0.05, 0) is 12.1 Å². The molecule has 0 atom stereocenters. The molecule has 0 aliphatic carbocycles. The molecular weight excluding hydrogens is 234 g/mol. The largest absolute Gasteiger partial charge is 0.478 e. The van der Waals surface area contributed by atoms with E-state index in [9.17, 15) is 4.79 Å². The molecule has 0 saturated carbocycles. The maximum atomic E-state index is 10.9. The number of hydrogen-bond acceptors (Lipinski definition) is 5. The fraction of sp³-hybridized carbons (Fsp3) is 0.250. The highest BCUT2D eigenvalue weighted by molar-refractivity contribution is 5.88. The minimum atomic E-state index is -1.02. The molecule has 0 unspecified atom stereocenters. The monoisotopic (exact) mass is 247 g/mol. The summed E-state index contributed by atoms with van der Waals surface area (Å²) in [7, 11) is 0. The van der Waals surface area contributed by atoms with Crippen LogP contribution in [0.1, 0.15) is 21.8 Å². The standard InChI is InChI=1S/C12H13N3O3/c16-12(17)10-6-14-8-15-11(10)7-13-4-3-9-2-1-5-18-9/h1-2,5-6,8,13H,3-4,7H2,(H,16,17). The summed E-state index contributed by atoms with van der Waals surface area (Å²) in [6.07, 6.45) is 5.03. The van der Waals surface area contributed by atoms with Crippen LogP contribution in [0.25, 0.3) is 0 Å². The van der Waals surface area contributed by atoms with Crippen molar-refractivity contribution in [3.05, 3.63) is 47.9 Å². The summed E-state index contributed by atoms with van der Waals surface area (Å²) in [6, 6.07) is 3.73. The molecule has 0 saturated heterocycles. The molecule has 0 aliphatic heterocycles. The predicted octanol–water partition coefficient (Wildman–Crippen LogP) is 1.10. The maximum absolute atomic E-state index is 10.9. The summed E-state index contributed by atoms with van der Waals surface area (Å²) >= 11 is 0. The first-order valence-corrected chi connectivity index (χ1v) is 5.52. The fourth-order valence-electron chi connectivity index (χ4n) is 1.55. The molecule has 6 nitrogen and oxygen atoms in total. The third-order valence-electron chi connectivity index (χ3n) is 2.45. The first-order valence-electron chi connectivity index (χ1n) is 5.52. The van der Waals surface area contributed by atoms with Crippen LogP contribution in [-0.4, -0.2) is 27.6 Å². The molecule has 6 heteroatoms. The summed E-state index contributed by atoms with van der Waals surface area (Å²) in [4.78, 5) is 18.6. The molecule has 2 heterocycles. The normalized spacial score (nSPS) is 10.4. The molecule has 0 amide bonds. The Morgan fingerprint density at radius 1 is 1.50 bits per heavy atom. The van der Waals surface area contributed by atoms with Gasteiger partial charge in [0.15, 0.2) is 0 Å². The molecule has 0 aliphatic rings. The number of aromatic nitrogens is 2. The molecule has 0 aromatic carbocycles. The quantitative estimate of drug-likeness (QED) is 0.743. The second-order valence-electron chi connectivity index (χ2n) is 3.69. The Morgan fingerprint density at radius 3 is 3.11 bits per heavy atom. The van der Waals surface area contributed by atoms with E-state index in [1.165, 1.54) is 12.5 Å². The lowest BCUT2D eigenvalue weighted by atomic mass is 10.2. The molecule has 94 valence electrons. The molecule has 2 aromatic rings. The lowest BCUT2D eigenvalue weighted by molar-refractivity contribution is 0.0694. The van der Waals surface area contributed by atoms with Crippen LogP contribution in [0.2, 0.25) is 0 Å². The van der Waals surface area contributed by atoms with Crippen molar-refractivity contribution in [1.29, 1.82) is 0 Å². The molecule has 2 aromatic heterocycles. The predicted molar refractivity (Wildman–Crippen MR) is 63.1 cm³/mol. The van der Waals surface area contributed by atoms with E-state index in [2.05, 4.69) is 15.3 Å². The van der Waals surface area contributed by atoms with E-state index in [1.54, 1.807) is 6.26 Å². The van der Waals surface area contributed by atoms with E-state index in [0.29, 0.717) is 18.8 Å². The number of hydrogen-bond donors (Lipinski definition) is 2. The smallest absolute Gasteiger partial charge is 0.339 e. The molecule has 0 radical (unpaired) electrons. The van der Waals surface area contributed by atoms with Crippen molar-refractivity contribution in [3.8, 4) is 0 Å². The average Bonchev–Trinajstić information content (AvgIpc) is 2.88. The first-order chi connectivity index (χ1) is 8.77. The second-order valence-corrected chi connectivity index (χ2v) is 3.69. The van der Waals surface area contributed by atoms with Crippen LogP contribution in [0.3, 0.4) is 0 Å². The second kappa shape index (κ2) is 5.92. The van der Waals surface area contributed by atoms with Gasteiger partial charge < -0.3 is 14.8 Å². The highest BCUT2D eigenvalue weighted by Crippen LogP contribution is 2.03. The van der Waals surface area contributed by atoms with Crippen LogP contribution in [0.15, 0.2) is 35.3 Å². The van der Waals surface area contributed by atoms with Gasteiger partial charge in [0.25, 0.3) is 0 Å². The molecular formula is C12H13N3O3. The molecule has 0 fully saturated rings. The Bertz CT molecular complexity index is 511. The van der Waals surface area contributed by atoms with E-state index >= 15 is 0 Å². The van der Waals surface area contributed by atoms with E-state index in [4.69, 9.17) is 9.52 Å². The van der Waals surface area contributed by atoms with E-state index in [-0.39, 0.29) is 5.56 Å². The molecule has 2 rings (SSSR count). The third-order valence-corrected chi connectivity index (χ3v) is 2.45. The van der Waals surface area contributed by atoms with Crippen molar-refractivity contribution in [2.24, 2.45) is 0 Å². The Kier molecular flexibility index (Phi) is 4.03. The van der Waals surface area contributed by atoms with E-state index in [1.807, 2.05) is 12.1 Å². The zero-order valence-electron chi connectivity index (χ0n) is 9.67. The minimum absolute atomic E-state index is 0.128. The number of aromatic carboxylic acids is 1. The maximum Gasteiger partial charge on any atom is 0.339 e. The number of carboxylic acids is 1. The van der Waals surface area contributed by atoms with Crippen molar-refractivity contribution < 1.29 is 14.3 Å². The van der Waals surface area contributed by atoms with Crippen molar-refractivity contribution in [3.63, 3.8) is 0 Å². The number of furan rings is 1. The van der Waals surface area contributed by atoms with Gasteiger partial charge in [0, 0.05) is 25.7 Å².